The molecule has 0 unspecified atom stereocenters. The van der Waals surface area contributed by atoms with Crippen molar-refractivity contribution in [2.24, 2.45) is 0 Å². The topological polar surface area (TPSA) is 22.0 Å². The minimum atomic E-state index is -0.273. The Hall–Kier alpha value is -0.470. The molecule has 0 amide bonds. The Balaban J connectivity index is 3.44. The van der Waals surface area contributed by atoms with Crippen molar-refractivity contribution in [2.45, 2.75) is 26.3 Å². The third kappa shape index (κ3) is 2.06. The molecule has 0 N–H and O–H groups in total. The highest BCUT2D eigenvalue weighted by Crippen LogP contribution is 2.19. The van der Waals surface area contributed by atoms with Crippen LogP contribution in [0, 0.1) is 0 Å². The van der Waals surface area contributed by atoms with Crippen LogP contribution in [0.15, 0.2) is 17.1 Å². The first-order chi connectivity index (χ1) is 5.84. The highest BCUT2D eigenvalue weighted by atomic mass is 35.5. The summed E-state index contributed by atoms with van der Waals surface area (Å²) in [5.41, 5.74) is -0.521. The van der Waals surface area contributed by atoms with Crippen molar-refractivity contribution in [3.63, 3.8) is 0 Å². The summed E-state index contributed by atoms with van der Waals surface area (Å²) < 4.78 is 1.56. The van der Waals surface area contributed by atoms with E-state index in [2.05, 4.69) is 0 Å². The lowest BCUT2D eigenvalue weighted by Gasteiger charge is -2.22. The van der Waals surface area contributed by atoms with Crippen LogP contribution in [0.3, 0.4) is 0 Å². The van der Waals surface area contributed by atoms with E-state index in [-0.39, 0.29) is 16.1 Å². The highest BCUT2D eigenvalue weighted by Gasteiger charge is 2.16. The Bertz CT molecular complexity index is 376. The minimum Gasteiger partial charge on any atom is -0.309 e. The van der Waals surface area contributed by atoms with E-state index >= 15 is 0 Å². The normalized spacial score (nSPS) is 11.8. The Labute approximate surface area is 87.1 Å². The molecule has 0 saturated carbocycles. The van der Waals surface area contributed by atoms with Gasteiger partial charge in [-0.05, 0) is 26.8 Å². The highest BCUT2D eigenvalue weighted by molar-refractivity contribution is 6.41. The maximum Gasteiger partial charge on any atom is 0.271 e. The molecule has 1 aromatic heterocycles. The second kappa shape index (κ2) is 3.35. The van der Waals surface area contributed by atoms with Gasteiger partial charge in [-0.2, -0.15) is 0 Å². The summed E-state index contributed by atoms with van der Waals surface area (Å²) in [5, 5.41) is 0.381. The van der Waals surface area contributed by atoms with E-state index in [1.54, 1.807) is 16.8 Å². The van der Waals surface area contributed by atoms with Gasteiger partial charge in [0.2, 0.25) is 0 Å². The van der Waals surface area contributed by atoms with Gasteiger partial charge < -0.3 is 4.57 Å². The largest absolute Gasteiger partial charge is 0.309 e. The molecule has 72 valence electrons. The Morgan fingerprint density at radius 2 is 1.85 bits per heavy atom. The van der Waals surface area contributed by atoms with Crippen molar-refractivity contribution in [1.29, 1.82) is 0 Å². The molecule has 0 bridgehead atoms. The third-order valence-corrected chi connectivity index (χ3v) is 2.49. The Morgan fingerprint density at radius 1 is 1.31 bits per heavy atom. The molecule has 0 fully saturated rings. The van der Waals surface area contributed by atoms with E-state index in [4.69, 9.17) is 23.2 Å². The molecule has 0 aliphatic rings. The molecule has 2 nitrogen and oxygen atoms in total. The number of halogens is 2. The fourth-order valence-corrected chi connectivity index (χ4v) is 1.31. The van der Waals surface area contributed by atoms with Crippen LogP contribution in [-0.4, -0.2) is 4.57 Å². The van der Waals surface area contributed by atoms with Gasteiger partial charge in [-0.25, -0.2) is 0 Å². The zero-order valence-electron chi connectivity index (χ0n) is 7.77. The maximum absolute atomic E-state index is 11.6. The summed E-state index contributed by atoms with van der Waals surface area (Å²) in [6.45, 7) is 5.79. The van der Waals surface area contributed by atoms with Crippen LogP contribution >= 0.6 is 23.2 Å². The van der Waals surface area contributed by atoms with Crippen molar-refractivity contribution >= 4 is 23.2 Å². The van der Waals surface area contributed by atoms with E-state index < -0.39 is 0 Å². The van der Waals surface area contributed by atoms with Crippen LogP contribution < -0.4 is 5.56 Å². The van der Waals surface area contributed by atoms with E-state index in [9.17, 15) is 4.79 Å². The number of pyridine rings is 1. The number of hydrogen-bond acceptors (Lipinski definition) is 1. The molecule has 1 heterocycles. The average Bonchev–Trinajstić information content (AvgIpc) is 1.98. The first-order valence-electron chi connectivity index (χ1n) is 3.91. The lowest BCUT2D eigenvalue weighted by molar-refractivity contribution is 0.384. The molecule has 1 aromatic rings. The van der Waals surface area contributed by atoms with E-state index in [1.165, 1.54) is 0 Å². The summed E-state index contributed by atoms with van der Waals surface area (Å²) >= 11 is 11.4. The van der Waals surface area contributed by atoms with Crippen LogP contribution in [0.25, 0.3) is 0 Å². The Morgan fingerprint density at radius 3 is 2.31 bits per heavy atom. The third-order valence-electron chi connectivity index (χ3n) is 1.71. The molecule has 0 atom stereocenters. The molecule has 13 heavy (non-hydrogen) atoms. The van der Waals surface area contributed by atoms with Gasteiger partial charge in [-0.15, -0.1) is 0 Å². The summed E-state index contributed by atoms with van der Waals surface area (Å²) in [7, 11) is 0. The van der Waals surface area contributed by atoms with Gasteiger partial charge in [-0.3, -0.25) is 4.79 Å². The predicted molar refractivity (Wildman–Crippen MR) is 55.7 cm³/mol. The van der Waals surface area contributed by atoms with Crippen LogP contribution in [-0.2, 0) is 5.54 Å². The van der Waals surface area contributed by atoms with Gasteiger partial charge in [0.15, 0.2) is 0 Å². The zero-order chi connectivity index (χ0) is 10.2. The summed E-state index contributed by atoms with van der Waals surface area (Å²) in [6.07, 6.45) is 1.65. The van der Waals surface area contributed by atoms with E-state index in [0.717, 1.165) is 0 Å². The first-order valence-corrected chi connectivity index (χ1v) is 4.67. The van der Waals surface area contributed by atoms with Gasteiger partial charge in [0.05, 0.1) is 5.02 Å². The summed E-state index contributed by atoms with van der Waals surface area (Å²) in [5.74, 6) is 0. The number of nitrogens with zero attached hydrogens (tertiary/aromatic N) is 1. The molecule has 0 radical (unpaired) electrons. The van der Waals surface area contributed by atoms with Crippen molar-refractivity contribution < 1.29 is 0 Å². The molecular formula is C9H11Cl2NO. The molecular weight excluding hydrogens is 209 g/mol. The quantitative estimate of drug-likeness (QED) is 0.658. The zero-order valence-corrected chi connectivity index (χ0v) is 9.28. The first kappa shape index (κ1) is 10.6. The van der Waals surface area contributed by atoms with Crippen molar-refractivity contribution in [3.8, 4) is 0 Å². The SMILES string of the molecule is CC(C)(C)n1ccc(Cl)c(Cl)c1=O. The van der Waals surface area contributed by atoms with Crippen LogP contribution in [0.2, 0.25) is 10.0 Å². The molecule has 0 aliphatic carbocycles. The van der Waals surface area contributed by atoms with Crippen LogP contribution in [0.4, 0.5) is 0 Å². The van der Waals surface area contributed by atoms with Gasteiger partial charge in [0, 0.05) is 11.7 Å². The second-order valence-corrected chi connectivity index (χ2v) is 4.61. The van der Waals surface area contributed by atoms with Crippen LogP contribution in [0.1, 0.15) is 20.8 Å². The summed E-state index contributed by atoms with van der Waals surface area (Å²) in [4.78, 5) is 11.6. The average molecular weight is 220 g/mol. The molecule has 4 heteroatoms. The number of rotatable bonds is 0. The molecule has 0 spiro atoms. The van der Waals surface area contributed by atoms with Gasteiger partial charge in [0.25, 0.3) is 5.56 Å². The van der Waals surface area contributed by atoms with Gasteiger partial charge in [-0.1, -0.05) is 23.2 Å². The van der Waals surface area contributed by atoms with Crippen molar-refractivity contribution in [2.75, 3.05) is 0 Å². The fraction of sp³-hybridized carbons (Fsp3) is 0.444. The predicted octanol–water partition coefficient (Wildman–Crippen LogP) is 2.91. The molecule has 0 aromatic carbocycles. The van der Waals surface area contributed by atoms with E-state index in [1.807, 2.05) is 20.8 Å². The van der Waals surface area contributed by atoms with E-state index in [0.29, 0.717) is 5.02 Å². The number of hydrogen-bond donors (Lipinski definition) is 0. The van der Waals surface area contributed by atoms with Gasteiger partial charge in [0.1, 0.15) is 5.02 Å². The van der Waals surface area contributed by atoms with Crippen molar-refractivity contribution in [1.82, 2.24) is 4.57 Å². The monoisotopic (exact) mass is 219 g/mol. The van der Waals surface area contributed by atoms with Crippen LogP contribution in [0.5, 0.6) is 0 Å². The minimum absolute atomic E-state index is 0.0825. The lowest BCUT2D eigenvalue weighted by Crippen LogP contribution is -2.33. The van der Waals surface area contributed by atoms with Gasteiger partial charge >= 0.3 is 0 Å². The second-order valence-electron chi connectivity index (χ2n) is 3.82. The molecule has 0 aliphatic heterocycles. The molecule has 0 saturated heterocycles. The standard InChI is InChI=1S/C9H11Cl2NO/c1-9(2,3)12-5-4-6(10)7(11)8(12)13/h4-5H,1-3H3. The lowest BCUT2D eigenvalue weighted by atomic mass is 10.1. The van der Waals surface area contributed by atoms with Crippen molar-refractivity contribution in [3.05, 3.63) is 32.7 Å². The summed E-state index contributed by atoms with van der Waals surface area (Å²) in [6, 6.07) is 1.62. The Kier molecular flexibility index (Phi) is 2.74. The fourth-order valence-electron chi connectivity index (χ4n) is 1.02. The smallest absolute Gasteiger partial charge is 0.271 e. The maximum atomic E-state index is 11.6. The number of aromatic nitrogens is 1. The molecule has 1 rings (SSSR count).